The van der Waals surface area contributed by atoms with Gasteiger partial charge in [0.15, 0.2) is 12.4 Å². The zero-order valence-electron chi connectivity index (χ0n) is 10.8. The minimum atomic E-state index is -0.499. The topological polar surface area (TPSA) is 65.3 Å². The van der Waals surface area contributed by atoms with Crippen LogP contribution in [0.15, 0.2) is 30.6 Å². The van der Waals surface area contributed by atoms with Crippen molar-refractivity contribution in [3.63, 3.8) is 0 Å². The number of carbonyl (C=O) groups is 1. The van der Waals surface area contributed by atoms with Crippen LogP contribution in [0.4, 0.5) is 4.79 Å². The van der Waals surface area contributed by atoms with Gasteiger partial charge in [0.1, 0.15) is 5.60 Å². The van der Waals surface area contributed by atoms with Crippen molar-refractivity contribution >= 4 is 12.2 Å². The standard InChI is InChI=1S/C13H18N2O3/c1-13(2,3)18-12(16)14-8-4-6-11-7-5-9-15(17)10-11/h4-7,9-10H,8H2,1-3H3,(H,14,16). The van der Waals surface area contributed by atoms with Crippen LogP contribution in [0.2, 0.25) is 0 Å². The van der Waals surface area contributed by atoms with Crippen LogP contribution < -0.4 is 10.0 Å². The molecule has 0 saturated carbocycles. The van der Waals surface area contributed by atoms with E-state index in [1.807, 2.05) is 0 Å². The van der Waals surface area contributed by atoms with Gasteiger partial charge in [-0.1, -0.05) is 12.2 Å². The van der Waals surface area contributed by atoms with Crippen molar-refractivity contribution in [3.05, 3.63) is 41.4 Å². The minimum Gasteiger partial charge on any atom is -0.619 e. The van der Waals surface area contributed by atoms with Gasteiger partial charge in [-0.25, -0.2) is 4.79 Å². The van der Waals surface area contributed by atoms with E-state index in [1.54, 1.807) is 45.1 Å². The quantitative estimate of drug-likeness (QED) is 0.657. The zero-order chi connectivity index (χ0) is 13.6. The predicted molar refractivity (Wildman–Crippen MR) is 68.7 cm³/mol. The van der Waals surface area contributed by atoms with Crippen LogP contribution in [0.25, 0.3) is 6.08 Å². The number of hydrogen-bond acceptors (Lipinski definition) is 3. The molecule has 0 fully saturated rings. The molecule has 0 saturated heterocycles. The van der Waals surface area contributed by atoms with Crippen LogP contribution in [0.5, 0.6) is 0 Å². The number of hydrogen-bond donors (Lipinski definition) is 1. The Hall–Kier alpha value is -2.04. The van der Waals surface area contributed by atoms with Crippen LogP contribution in [-0.2, 0) is 4.74 Å². The Morgan fingerprint density at radius 1 is 1.56 bits per heavy atom. The molecule has 18 heavy (non-hydrogen) atoms. The molecule has 0 bridgehead atoms. The first kappa shape index (κ1) is 14.0. The molecule has 0 aliphatic rings. The van der Waals surface area contributed by atoms with Crippen molar-refractivity contribution in [1.29, 1.82) is 0 Å². The molecule has 0 spiro atoms. The molecule has 0 unspecified atom stereocenters. The van der Waals surface area contributed by atoms with Gasteiger partial charge in [-0.05, 0) is 26.8 Å². The summed E-state index contributed by atoms with van der Waals surface area (Å²) in [5.41, 5.74) is 0.278. The molecule has 5 heteroatoms. The van der Waals surface area contributed by atoms with Crippen molar-refractivity contribution in [1.82, 2.24) is 5.32 Å². The Morgan fingerprint density at radius 2 is 2.28 bits per heavy atom. The Balaban J connectivity index is 2.36. The zero-order valence-corrected chi connectivity index (χ0v) is 10.8. The molecule has 1 heterocycles. The maximum atomic E-state index is 11.3. The maximum absolute atomic E-state index is 11.3. The van der Waals surface area contributed by atoms with Crippen molar-refractivity contribution in [2.24, 2.45) is 0 Å². The second-order valence-electron chi connectivity index (χ2n) is 4.78. The summed E-state index contributed by atoms with van der Waals surface area (Å²) in [6.45, 7) is 5.76. The molecule has 1 amide bonds. The highest BCUT2D eigenvalue weighted by Gasteiger charge is 2.14. The third-order valence-corrected chi connectivity index (χ3v) is 1.87. The summed E-state index contributed by atoms with van der Waals surface area (Å²) in [4.78, 5) is 11.3. The Kier molecular flexibility index (Phi) is 4.71. The Labute approximate surface area is 107 Å². The fourth-order valence-electron chi connectivity index (χ4n) is 1.22. The van der Waals surface area contributed by atoms with E-state index in [0.717, 1.165) is 10.3 Å². The second-order valence-corrected chi connectivity index (χ2v) is 4.78. The summed E-state index contributed by atoms with van der Waals surface area (Å²) in [5.74, 6) is 0. The SMILES string of the molecule is CC(C)(C)OC(=O)NCC=Cc1ccc[n+]([O-])c1. The first-order chi connectivity index (χ1) is 8.37. The number of nitrogens with zero attached hydrogens (tertiary/aromatic N) is 1. The lowest BCUT2D eigenvalue weighted by Crippen LogP contribution is -2.32. The molecule has 1 N–H and O–H groups in total. The summed E-state index contributed by atoms with van der Waals surface area (Å²) in [6, 6.07) is 3.46. The third kappa shape index (κ3) is 5.89. The number of aromatic nitrogens is 1. The number of nitrogens with one attached hydrogen (secondary N) is 1. The number of pyridine rings is 1. The van der Waals surface area contributed by atoms with E-state index < -0.39 is 11.7 Å². The highest BCUT2D eigenvalue weighted by atomic mass is 16.6. The lowest BCUT2D eigenvalue weighted by Gasteiger charge is -2.19. The number of carbonyl (C=O) groups excluding carboxylic acids is 1. The summed E-state index contributed by atoms with van der Waals surface area (Å²) in [5, 5.41) is 13.6. The molecule has 1 rings (SSSR count). The lowest BCUT2D eigenvalue weighted by atomic mass is 10.2. The minimum absolute atomic E-state index is 0.350. The van der Waals surface area contributed by atoms with Gasteiger partial charge in [-0.15, -0.1) is 0 Å². The van der Waals surface area contributed by atoms with Crippen molar-refractivity contribution in [3.8, 4) is 0 Å². The number of amides is 1. The maximum Gasteiger partial charge on any atom is 0.407 e. The summed E-state index contributed by atoms with van der Waals surface area (Å²) in [7, 11) is 0. The van der Waals surface area contributed by atoms with E-state index in [0.29, 0.717) is 6.54 Å². The van der Waals surface area contributed by atoms with E-state index in [4.69, 9.17) is 4.74 Å². The predicted octanol–water partition coefficient (Wildman–Crippen LogP) is 1.86. The van der Waals surface area contributed by atoms with E-state index in [9.17, 15) is 10.0 Å². The van der Waals surface area contributed by atoms with E-state index >= 15 is 0 Å². The molecule has 1 aromatic rings. The molecule has 1 aromatic heterocycles. The van der Waals surface area contributed by atoms with Gasteiger partial charge in [-0.2, -0.15) is 4.73 Å². The number of alkyl carbamates (subject to hydrolysis) is 1. The fraction of sp³-hybridized carbons (Fsp3) is 0.385. The first-order valence-corrected chi connectivity index (χ1v) is 5.69. The van der Waals surface area contributed by atoms with Gasteiger partial charge >= 0.3 is 6.09 Å². The Bertz CT molecular complexity index is 436. The van der Waals surface area contributed by atoms with Crippen LogP contribution in [-0.4, -0.2) is 18.2 Å². The molecule has 0 radical (unpaired) electrons. The molecular formula is C13H18N2O3. The molecular weight excluding hydrogens is 232 g/mol. The van der Waals surface area contributed by atoms with Gasteiger partial charge in [0.2, 0.25) is 0 Å². The van der Waals surface area contributed by atoms with Crippen molar-refractivity contribution in [2.45, 2.75) is 26.4 Å². The highest BCUT2D eigenvalue weighted by Crippen LogP contribution is 2.06. The smallest absolute Gasteiger partial charge is 0.407 e. The fourth-order valence-corrected chi connectivity index (χ4v) is 1.22. The molecule has 0 atom stereocenters. The average Bonchev–Trinajstić information content (AvgIpc) is 2.22. The largest absolute Gasteiger partial charge is 0.619 e. The molecule has 98 valence electrons. The van der Waals surface area contributed by atoms with E-state index in [-0.39, 0.29) is 0 Å². The first-order valence-electron chi connectivity index (χ1n) is 5.69. The summed E-state index contributed by atoms with van der Waals surface area (Å²) in [6.07, 6.45) is 5.91. The van der Waals surface area contributed by atoms with Crippen molar-refractivity contribution in [2.75, 3.05) is 6.54 Å². The Morgan fingerprint density at radius 3 is 2.89 bits per heavy atom. The van der Waals surface area contributed by atoms with E-state index in [1.165, 1.54) is 12.4 Å². The average molecular weight is 250 g/mol. The summed E-state index contributed by atoms with van der Waals surface area (Å²) < 4.78 is 5.79. The number of rotatable bonds is 3. The van der Waals surface area contributed by atoms with Gasteiger partial charge in [-0.3, -0.25) is 0 Å². The van der Waals surface area contributed by atoms with Gasteiger partial charge < -0.3 is 15.3 Å². The molecule has 0 aromatic carbocycles. The van der Waals surface area contributed by atoms with Crippen LogP contribution >= 0.6 is 0 Å². The van der Waals surface area contributed by atoms with Crippen LogP contribution in [0.3, 0.4) is 0 Å². The van der Waals surface area contributed by atoms with Crippen LogP contribution in [0.1, 0.15) is 26.3 Å². The van der Waals surface area contributed by atoms with Gasteiger partial charge in [0.25, 0.3) is 0 Å². The monoisotopic (exact) mass is 250 g/mol. The second kappa shape index (κ2) is 6.05. The van der Waals surface area contributed by atoms with Crippen molar-refractivity contribution < 1.29 is 14.3 Å². The van der Waals surface area contributed by atoms with E-state index in [2.05, 4.69) is 5.32 Å². The summed E-state index contributed by atoms with van der Waals surface area (Å²) >= 11 is 0. The third-order valence-electron chi connectivity index (χ3n) is 1.87. The van der Waals surface area contributed by atoms with Gasteiger partial charge in [0.05, 0.1) is 0 Å². The number of ether oxygens (including phenoxy) is 1. The van der Waals surface area contributed by atoms with Crippen LogP contribution in [0, 0.1) is 5.21 Å². The normalized spacial score (nSPS) is 11.5. The lowest BCUT2D eigenvalue weighted by molar-refractivity contribution is -0.605. The molecule has 0 aliphatic heterocycles. The molecule has 5 nitrogen and oxygen atoms in total. The molecule has 0 aliphatic carbocycles. The highest BCUT2D eigenvalue weighted by molar-refractivity contribution is 5.68. The van der Waals surface area contributed by atoms with Gasteiger partial charge in [0, 0.05) is 18.2 Å².